The minimum atomic E-state index is -4.64. The highest BCUT2D eigenvalue weighted by Crippen LogP contribution is 2.48. The number of aromatic nitrogens is 4. The Bertz CT molecular complexity index is 1420. The molecule has 4 rings (SSSR count). The molecule has 0 N–H and O–H groups in total. The van der Waals surface area contributed by atoms with E-state index in [1.165, 1.54) is 19.2 Å². The lowest BCUT2D eigenvalue weighted by Gasteiger charge is -2.14. The third-order valence-electron chi connectivity index (χ3n) is 5.22. The molecule has 0 amide bonds. The predicted octanol–water partition coefficient (Wildman–Crippen LogP) is 2.54. The summed E-state index contributed by atoms with van der Waals surface area (Å²) in [7, 11) is -3.88. The van der Waals surface area contributed by atoms with Crippen LogP contribution in [0.25, 0.3) is 16.7 Å². The fourth-order valence-electron chi connectivity index (χ4n) is 3.17. The molecule has 31 heavy (non-hydrogen) atoms. The minimum absolute atomic E-state index is 0.144. The number of pyridine rings is 2. The normalized spacial score (nSPS) is 15.6. The predicted molar refractivity (Wildman–Crippen MR) is 102 cm³/mol. The summed E-state index contributed by atoms with van der Waals surface area (Å²) in [5.41, 5.74) is -2.65. The van der Waals surface area contributed by atoms with E-state index in [1.54, 1.807) is 0 Å². The van der Waals surface area contributed by atoms with E-state index >= 15 is 0 Å². The van der Waals surface area contributed by atoms with Crippen LogP contribution in [0.5, 0.6) is 0 Å². The summed E-state index contributed by atoms with van der Waals surface area (Å²) in [5.74, 6) is -0.590. The van der Waals surface area contributed by atoms with Crippen LogP contribution in [0, 0.1) is 11.3 Å². The van der Waals surface area contributed by atoms with Crippen molar-refractivity contribution in [2.24, 2.45) is 0 Å². The van der Waals surface area contributed by atoms with Crippen molar-refractivity contribution < 1.29 is 21.6 Å². The topological polar surface area (TPSA) is 119 Å². The number of nitriles is 1. The maximum absolute atomic E-state index is 12.9. The van der Waals surface area contributed by atoms with Gasteiger partial charge in [0.05, 0.1) is 29.0 Å². The van der Waals surface area contributed by atoms with Crippen LogP contribution in [0.2, 0.25) is 0 Å². The van der Waals surface area contributed by atoms with Gasteiger partial charge in [-0.25, -0.2) is 18.4 Å². The lowest BCUT2D eigenvalue weighted by Crippen LogP contribution is -2.26. The molecule has 0 bridgehead atoms. The van der Waals surface area contributed by atoms with Gasteiger partial charge >= 0.3 is 6.18 Å². The number of hydrogen-bond acceptors (Lipinski definition) is 7. The summed E-state index contributed by atoms with van der Waals surface area (Å²) in [6.45, 7) is 1.42. The van der Waals surface area contributed by atoms with Crippen molar-refractivity contribution in [1.82, 2.24) is 19.7 Å². The second-order valence-electron chi connectivity index (χ2n) is 7.16. The highest BCUT2D eigenvalue weighted by atomic mass is 32.2. The molecule has 160 valence electrons. The number of rotatable bonds is 4. The number of alkyl halides is 3. The van der Waals surface area contributed by atoms with Crippen molar-refractivity contribution in [1.29, 1.82) is 5.26 Å². The van der Waals surface area contributed by atoms with Gasteiger partial charge in [-0.15, -0.1) is 0 Å². The molecule has 0 atom stereocenters. The van der Waals surface area contributed by atoms with E-state index in [0.29, 0.717) is 29.3 Å². The molecule has 1 aliphatic carbocycles. The summed E-state index contributed by atoms with van der Waals surface area (Å²) in [6.07, 6.45) is -0.674. The minimum Gasteiger partial charge on any atom is -0.265 e. The monoisotopic (exact) mass is 449 g/mol. The Labute approximate surface area is 173 Å². The van der Waals surface area contributed by atoms with Crippen LogP contribution in [0.1, 0.15) is 30.9 Å². The first-order chi connectivity index (χ1) is 14.5. The van der Waals surface area contributed by atoms with Crippen LogP contribution in [0.4, 0.5) is 13.2 Å². The molecule has 1 aliphatic rings. The molecule has 0 saturated heterocycles. The Hall–Kier alpha value is -3.33. The molecular formula is C19H14F3N5O3S. The summed E-state index contributed by atoms with van der Waals surface area (Å²) in [6, 6.07) is 4.21. The molecule has 0 radical (unpaired) electrons. The molecule has 3 heterocycles. The van der Waals surface area contributed by atoms with Gasteiger partial charge in [0.2, 0.25) is 0 Å². The highest BCUT2D eigenvalue weighted by molar-refractivity contribution is 7.91. The van der Waals surface area contributed by atoms with E-state index in [1.807, 2.05) is 0 Å². The molecule has 3 aromatic heterocycles. The van der Waals surface area contributed by atoms with E-state index < -0.39 is 32.6 Å². The van der Waals surface area contributed by atoms with Crippen LogP contribution in [-0.4, -0.2) is 33.9 Å². The Balaban J connectivity index is 1.94. The quantitative estimate of drug-likeness (QED) is 0.600. The molecule has 12 heteroatoms. The van der Waals surface area contributed by atoms with Gasteiger partial charge in [-0.3, -0.25) is 4.79 Å². The van der Waals surface area contributed by atoms with Crippen LogP contribution in [-0.2, 0) is 21.4 Å². The van der Waals surface area contributed by atoms with E-state index in [9.17, 15) is 31.6 Å². The molecule has 0 spiro atoms. The maximum Gasteiger partial charge on any atom is 0.417 e. The Morgan fingerprint density at radius 2 is 1.90 bits per heavy atom. The first-order valence-electron chi connectivity index (χ1n) is 9.12. The molecule has 1 saturated carbocycles. The summed E-state index contributed by atoms with van der Waals surface area (Å²) >= 11 is 0. The van der Waals surface area contributed by atoms with Gasteiger partial charge in [0, 0.05) is 17.8 Å². The van der Waals surface area contributed by atoms with Gasteiger partial charge in [-0.1, -0.05) is 6.92 Å². The lowest BCUT2D eigenvalue weighted by molar-refractivity contribution is -0.137. The van der Waals surface area contributed by atoms with Crippen molar-refractivity contribution in [3.63, 3.8) is 0 Å². The molecule has 0 aromatic carbocycles. The standard InChI is InChI=1S/C19H14F3N5O3S/c1-2-31(29,30)14-6-12(18(10-23)3-4-18)8-25-16(14)27-17(28)15-11(7-26-27)5-13(9-24-15)19(20,21)22/h5-9H,2-4H2,1H3. The molecule has 1 fully saturated rings. The smallest absolute Gasteiger partial charge is 0.265 e. The van der Waals surface area contributed by atoms with Crippen molar-refractivity contribution in [2.75, 3.05) is 5.75 Å². The van der Waals surface area contributed by atoms with E-state index in [4.69, 9.17) is 0 Å². The van der Waals surface area contributed by atoms with Crippen LogP contribution >= 0.6 is 0 Å². The SMILES string of the molecule is CCS(=O)(=O)c1cc(C2(C#N)CC2)cnc1-n1ncc2cc(C(F)(F)F)cnc2c1=O. The summed E-state index contributed by atoms with van der Waals surface area (Å²) < 4.78 is 64.8. The second-order valence-corrected chi connectivity index (χ2v) is 9.41. The number of halogens is 3. The Kier molecular flexibility index (Phi) is 4.62. The average molecular weight is 449 g/mol. The van der Waals surface area contributed by atoms with Gasteiger partial charge < -0.3 is 0 Å². The number of hydrogen-bond donors (Lipinski definition) is 0. The molecular weight excluding hydrogens is 435 g/mol. The molecule has 0 aliphatic heterocycles. The highest BCUT2D eigenvalue weighted by Gasteiger charge is 2.46. The zero-order valence-corrected chi connectivity index (χ0v) is 16.8. The number of nitrogens with zero attached hydrogens (tertiary/aromatic N) is 5. The van der Waals surface area contributed by atoms with Crippen LogP contribution in [0.3, 0.4) is 0 Å². The molecule has 3 aromatic rings. The summed E-state index contributed by atoms with van der Waals surface area (Å²) in [4.78, 5) is 20.3. The van der Waals surface area contributed by atoms with Gasteiger partial charge in [0.25, 0.3) is 5.56 Å². The Morgan fingerprint density at radius 1 is 1.19 bits per heavy atom. The fourth-order valence-corrected chi connectivity index (χ4v) is 4.20. The first kappa shape index (κ1) is 20.9. The number of fused-ring (bicyclic) bond motifs is 1. The molecule has 8 nitrogen and oxygen atoms in total. The van der Waals surface area contributed by atoms with Crippen LogP contribution < -0.4 is 5.56 Å². The molecule has 0 unspecified atom stereocenters. The zero-order valence-electron chi connectivity index (χ0n) is 16.0. The van der Waals surface area contributed by atoms with Crippen molar-refractivity contribution in [3.05, 3.63) is 52.2 Å². The Morgan fingerprint density at radius 3 is 2.48 bits per heavy atom. The van der Waals surface area contributed by atoms with E-state index in [0.717, 1.165) is 12.3 Å². The average Bonchev–Trinajstić information content (AvgIpc) is 3.54. The third kappa shape index (κ3) is 3.44. The summed E-state index contributed by atoms with van der Waals surface area (Å²) in [5, 5.41) is 13.1. The van der Waals surface area contributed by atoms with Crippen molar-refractivity contribution >= 4 is 20.7 Å². The van der Waals surface area contributed by atoms with Crippen molar-refractivity contribution in [2.45, 2.75) is 36.3 Å². The van der Waals surface area contributed by atoms with Gasteiger partial charge in [-0.2, -0.15) is 28.2 Å². The first-order valence-corrected chi connectivity index (χ1v) is 10.8. The fraction of sp³-hybridized carbons (Fsp3) is 0.316. The maximum atomic E-state index is 12.9. The second kappa shape index (κ2) is 6.84. The number of sulfone groups is 1. The van der Waals surface area contributed by atoms with Crippen LogP contribution in [0.15, 0.2) is 40.4 Å². The van der Waals surface area contributed by atoms with E-state index in [2.05, 4.69) is 21.1 Å². The lowest BCUT2D eigenvalue weighted by atomic mass is 10.00. The van der Waals surface area contributed by atoms with Crippen molar-refractivity contribution in [3.8, 4) is 11.9 Å². The zero-order chi connectivity index (χ0) is 22.6. The van der Waals surface area contributed by atoms with E-state index in [-0.39, 0.29) is 27.4 Å². The van der Waals surface area contributed by atoms with Gasteiger partial charge in [0.1, 0.15) is 10.4 Å². The van der Waals surface area contributed by atoms with Gasteiger partial charge in [-0.05, 0) is 30.5 Å². The largest absolute Gasteiger partial charge is 0.417 e. The van der Waals surface area contributed by atoms with Gasteiger partial charge in [0.15, 0.2) is 15.7 Å². The third-order valence-corrected chi connectivity index (χ3v) is 6.95.